The maximum Gasteiger partial charge on any atom is 0.224 e. The molecule has 2 aliphatic heterocycles. The number of aliphatic imine (C=N–C) groups is 1. The quantitative estimate of drug-likeness (QED) is 0.579. The summed E-state index contributed by atoms with van der Waals surface area (Å²) in [6, 6.07) is 16.8. The number of nitrogens with one attached hydrogen (secondary N) is 2. The fraction of sp³-hybridized carbons (Fsp3) is 0.240. The number of pyridine rings is 1. The van der Waals surface area contributed by atoms with E-state index in [0.29, 0.717) is 54.7 Å². The molecular formula is C25H24N4O4. The van der Waals surface area contributed by atoms with E-state index in [0.717, 1.165) is 30.2 Å². The molecule has 0 bridgehead atoms. The molecule has 2 aliphatic rings. The highest BCUT2D eigenvalue weighted by Crippen LogP contribution is 2.32. The minimum atomic E-state index is -0.0680. The first kappa shape index (κ1) is 20.8. The number of amides is 1. The molecule has 8 heteroatoms. The summed E-state index contributed by atoms with van der Waals surface area (Å²) in [4.78, 5) is 21.2. The zero-order valence-corrected chi connectivity index (χ0v) is 18.0. The van der Waals surface area contributed by atoms with Gasteiger partial charge in [-0.1, -0.05) is 12.1 Å². The van der Waals surface area contributed by atoms with Crippen LogP contribution in [0, 0.1) is 0 Å². The number of carbonyl (C=O) groups excluding carboxylic acids is 1. The van der Waals surface area contributed by atoms with E-state index >= 15 is 0 Å². The Morgan fingerprint density at radius 1 is 1.03 bits per heavy atom. The second-order valence-electron chi connectivity index (χ2n) is 7.69. The second kappa shape index (κ2) is 9.60. The number of anilines is 1. The SMILES string of the molecule is O=C(CCc1cccc(Oc2ccnc(C3=NCCN3)c2)c1)Nc1ccc2c(c1)OCCO2. The van der Waals surface area contributed by atoms with Crippen molar-refractivity contribution in [2.24, 2.45) is 4.99 Å². The average Bonchev–Trinajstić information content (AvgIpc) is 3.38. The van der Waals surface area contributed by atoms with E-state index in [1.54, 1.807) is 12.3 Å². The van der Waals surface area contributed by atoms with Gasteiger partial charge < -0.3 is 24.8 Å². The highest BCUT2D eigenvalue weighted by Gasteiger charge is 2.13. The Kier molecular flexibility index (Phi) is 6.06. The zero-order valence-electron chi connectivity index (χ0n) is 18.0. The van der Waals surface area contributed by atoms with E-state index in [2.05, 4.69) is 20.6 Å². The predicted octanol–water partition coefficient (Wildman–Crippen LogP) is 3.57. The minimum Gasteiger partial charge on any atom is -0.486 e. The average molecular weight is 444 g/mol. The molecule has 3 heterocycles. The van der Waals surface area contributed by atoms with Crippen molar-refractivity contribution in [3.05, 3.63) is 72.1 Å². The smallest absolute Gasteiger partial charge is 0.224 e. The topological polar surface area (TPSA) is 94.1 Å². The van der Waals surface area contributed by atoms with Gasteiger partial charge in [0.25, 0.3) is 0 Å². The van der Waals surface area contributed by atoms with Crippen LogP contribution in [0.25, 0.3) is 0 Å². The molecule has 0 fully saturated rings. The van der Waals surface area contributed by atoms with Crippen LogP contribution in [0.15, 0.2) is 65.8 Å². The van der Waals surface area contributed by atoms with Crippen molar-refractivity contribution in [2.45, 2.75) is 12.8 Å². The minimum absolute atomic E-state index is 0.0680. The fourth-order valence-corrected chi connectivity index (χ4v) is 3.68. The van der Waals surface area contributed by atoms with Gasteiger partial charge in [-0.15, -0.1) is 0 Å². The Morgan fingerprint density at radius 2 is 1.91 bits per heavy atom. The molecule has 0 atom stereocenters. The molecule has 1 aromatic heterocycles. The Balaban J connectivity index is 1.18. The van der Waals surface area contributed by atoms with Crippen LogP contribution in [0.5, 0.6) is 23.0 Å². The number of fused-ring (bicyclic) bond motifs is 1. The number of aryl methyl sites for hydroxylation is 1. The van der Waals surface area contributed by atoms with Crippen molar-refractivity contribution in [1.29, 1.82) is 0 Å². The molecule has 5 rings (SSSR count). The molecule has 0 saturated heterocycles. The molecule has 33 heavy (non-hydrogen) atoms. The largest absolute Gasteiger partial charge is 0.486 e. The third-order valence-corrected chi connectivity index (χ3v) is 5.25. The molecule has 0 unspecified atom stereocenters. The highest BCUT2D eigenvalue weighted by atomic mass is 16.6. The number of aromatic nitrogens is 1. The van der Waals surface area contributed by atoms with Crippen molar-refractivity contribution in [3.63, 3.8) is 0 Å². The predicted molar refractivity (Wildman–Crippen MR) is 125 cm³/mol. The van der Waals surface area contributed by atoms with Gasteiger partial charge in [0.2, 0.25) is 5.91 Å². The molecule has 8 nitrogen and oxygen atoms in total. The fourth-order valence-electron chi connectivity index (χ4n) is 3.68. The van der Waals surface area contributed by atoms with E-state index in [4.69, 9.17) is 14.2 Å². The van der Waals surface area contributed by atoms with Crippen molar-refractivity contribution in [1.82, 2.24) is 10.3 Å². The summed E-state index contributed by atoms with van der Waals surface area (Å²) >= 11 is 0. The van der Waals surface area contributed by atoms with Crippen LogP contribution in [-0.2, 0) is 11.2 Å². The first-order chi connectivity index (χ1) is 16.2. The van der Waals surface area contributed by atoms with Gasteiger partial charge >= 0.3 is 0 Å². The Morgan fingerprint density at radius 3 is 2.79 bits per heavy atom. The van der Waals surface area contributed by atoms with Gasteiger partial charge in [-0.2, -0.15) is 0 Å². The number of hydrogen-bond donors (Lipinski definition) is 2. The first-order valence-electron chi connectivity index (χ1n) is 10.9. The van der Waals surface area contributed by atoms with Crippen LogP contribution in [-0.4, -0.2) is 43.0 Å². The van der Waals surface area contributed by atoms with Gasteiger partial charge in [0, 0.05) is 37.0 Å². The Hall–Kier alpha value is -4.07. The van der Waals surface area contributed by atoms with Crippen LogP contribution in [0.2, 0.25) is 0 Å². The lowest BCUT2D eigenvalue weighted by molar-refractivity contribution is -0.116. The second-order valence-corrected chi connectivity index (χ2v) is 7.69. The van der Waals surface area contributed by atoms with Gasteiger partial charge in [0.15, 0.2) is 11.5 Å². The third kappa shape index (κ3) is 5.23. The lowest BCUT2D eigenvalue weighted by Crippen LogP contribution is -2.20. The van der Waals surface area contributed by atoms with Crippen molar-refractivity contribution in [2.75, 3.05) is 31.6 Å². The van der Waals surface area contributed by atoms with Crippen LogP contribution in [0.4, 0.5) is 5.69 Å². The molecule has 168 valence electrons. The molecule has 2 N–H and O–H groups in total. The summed E-state index contributed by atoms with van der Waals surface area (Å²) in [5.41, 5.74) is 2.47. The maximum atomic E-state index is 12.5. The van der Waals surface area contributed by atoms with Gasteiger partial charge in [0.05, 0.1) is 6.54 Å². The van der Waals surface area contributed by atoms with Crippen molar-refractivity contribution >= 4 is 17.4 Å². The first-order valence-corrected chi connectivity index (χ1v) is 10.9. The monoisotopic (exact) mass is 444 g/mol. The maximum absolute atomic E-state index is 12.5. The standard InChI is InChI=1S/C25H24N4O4/c30-24(29-18-5-6-22-23(15-18)32-13-12-31-22)7-4-17-2-1-3-19(14-17)33-20-8-9-26-21(16-20)25-27-10-11-28-25/h1-3,5-6,8-9,14-16H,4,7,10-13H2,(H,27,28)(H,29,30). The van der Waals surface area contributed by atoms with Gasteiger partial charge in [-0.25, -0.2) is 0 Å². The summed E-state index contributed by atoms with van der Waals surface area (Å²) < 4.78 is 17.1. The number of amidine groups is 1. The van der Waals surface area contributed by atoms with Crippen molar-refractivity contribution in [3.8, 4) is 23.0 Å². The normalized spacial score (nSPS) is 14.2. The molecule has 0 radical (unpaired) electrons. The van der Waals surface area contributed by atoms with Crippen molar-refractivity contribution < 1.29 is 19.0 Å². The van der Waals surface area contributed by atoms with Crippen LogP contribution < -0.4 is 24.8 Å². The number of rotatable bonds is 7. The molecular weight excluding hydrogens is 420 g/mol. The van der Waals surface area contributed by atoms with Crippen LogP contribution in [0.1, 0.15) is 17.7 Å². The van der Waals surface area contributed by atoms with E-state index in [9.17, 15) is 4.79 Å². The molecule has 1 amide bonds. The van der Waals surface area contributed by atoms with Crippen LogP contribution >= 0.6 is 0 Å². The lowest BCUT2D eigenvalue weighted by Gasteiger charge is -2.19. The Bertz CT molecular complexity index is 1190. The summed E-state index contributed by atoms with van der Waals surface area (Å²) in [7, 11) is 0. The van der Waals surface area contributed by atoms with E-state index in [-0.39, 0.29) is 5.91 Å². The van der Waals surface area contributed by atoms with E-state index in [1.807, 2.05) is 48.5 Å². The summed E-state index contributed by atoms with van der Waals surface area (Å²) in [5, 5.41) is 6.13. The number of ether oxygens (including phenoxy) is 3. The molecule has 2 aromatic carbocycles. The molecule has 0 spiro atoms. The summed E-state index contributed by atoms with van der Waals surface area (Å²) in [6.07, 6.45) is 2.65. The number of carbonyl (C=O) groups is 1. The molecule has 0 saturated carbocycles. The Labute approximate surface area is 191 Å². The van der Waals surface area contributed by atoms with E-state index in [1.165, 1.54) is 0 Å². The summed E-state index contributed by atoms with van der Waals surface area (Å²) in [6.45, 7) is 2.63. The highest BCUT2D eigenvalue weighted by molar-refractivity contribution is 5.98. The number of hydrogen-bond acceptors (Lipinski definition) is 7. The lowest BCUT2D eigenvalue weighted by atomic mass is 10.1. The number of benzene rings is 2. The van der Waals surface area contributed by atoms with Gasteiger partial charge in [-0.05, 0) is 42.3 Å². The third-order valence-electron chi connectivity index (χ3n) is 5.25. The number of nitrogens with zero attached hydrogens (tertiary/aromatic N) is 2. The van der Waals surface area contributed by atoms with E-state index < -0.39 is 0 Å². The molecule has 0 aliphatic carbocycles. The molecule has 3 aromatic rings. The summed E-state index contributed by atoms with van der Waals surface area (Å²) in [5.74, 6) is 3.46. The van der Waals surface area contributed by atoms with Crippen LogP contribution in [0.3, 0.4) is 0 Å². The van der Waals surface area contributed by atoms with Gasteiger partial charge in [-0.3, -0.25) is 14.8 Å². The van der Waals surface area contributed by atoms with Gasteiger partial charge in [0.1, 0.15) is 36.2 Å². The zero-order chi connectivity index (χ0) is 22.5.